The zero-order valence-electron chi connectivity index (χ0n) is 57.3. The molecule has 0 radical (unpaired) electrons. The Balaban J connectivity index is 1.60. The van der Waals surface area contributed by atoms with Crippen LogP contribution in [0, 0.1) is 0 Å². The van der Waals surface area contributed by atoms with E-state index in [1.54, 1.807) is 0 Å². The maximum Gasteiger partial charge on any atom is 0.145 e. The number of aromatic nitrogens is 1. The highest BCUT2D eigenvalue weighted by molar-refractivity contribution is 6.15. The van der Waals surface area contributed by atoms with Crippen LogP contribution in [0.25, 0.3) is 71.7 Å². The van der Waals surface area contributed by atoms with Crippen molar-refractivity contribution in [2.75, 3.05) is 4.90 Å². The third-order valence-corrected chi connectivity index (χ3v) is 7.80. The zero-order valence-corrected chi connectivity index (χ0v) is 25.3. The summed E-state index contributed by atoms with van der Waals surface area (Å²) in [5.74, 6) is 0. The van der Waals surface area contributed by atoms with E-state index in [9.17, 15) is 16.4 Å². The fourth-order valence-electron chi connectivity index (χ4n) is 5.74. The summed E-state index contributed by atoms with van der Waals surface area (Å²) < 4.78 is 298. The third kappa shape index (κ3) is 4.74. The van der Waals surface area contributed by atoms with E-state index in [-0.39, 0.29) is 0 Å². The fourth-order valence-corrected chi connectivity index (χ4v) is 5.74. The number of nitrogens with zero attached hydrogens (tertiary/aromatic N) is 2. The number of furan rings is 1. The monoisotopic (exact) mass is 684 g/mol. The van der Waals surface area contributed by atoms with Crippen LogP contribution in [0.3, 0.4) is 0 Å². The number of hydrogen-bond acceptors (Lipinski definition) is 2. The lowest BCUT2D eigenvalue weighted by atomic mass is 9.96. The normalized spacial score (nSPS) is 20.3. The van der Waals surface area contributed by atoms with E-state index in [4.69, 9.17) is 31.8 Å². The van der Waals surface area contributed by atoms with Gasteiger partial charge in [0.25, 0.3) is 0 Å². The van der Waals surface area contributed by atoms with E-state index < -0.39 is 282 Å². The Bertz CT molecular complexity index is 4580. The quantitative estimate of drug-likeness (QED) is 0.174. The van der Waals surface area contributed by atoms with Crippen molar-refractivity contribution in [1.82, 2.24) is 4.57 Å². The molecular weight excluding hydrogens is 621 g/mol. The molecule has 0 bridgehead atoms. The molecule has 240 valence electrons. The van der Waals surface area contributed by atoms with Crippen molar-refractivity contribution < 1.29 is 48.3 Å². The van der Waals surface area contributed by atoms with Crippen LogP contribution in [0.5, 0.6) is 0 Å². The van der Waals surface area contributed by atoms with Crippen LogP contribution in [0.4, 0.5) is 17.1 Å². The smallest absolute Gasteiger partial charge is 0.145 e. The maximum atomic E-state index is 10.1. The van der Waals surface area contributed by atoms with Crippen LogP contribution in [-0.2, 0) is 0 Å². The molecule has 0 saturated heterocycles. The van der Waals surface area contributed by atoms with Gasteiger partial charge in [0.2, 0.25) is 0 Å². The summed E-state index contributed by atoms with van der Waals surface area (Å²) in [5, 5.41) is -2.74. The second-order valence-electron chi connectivity index (χ2n) is 10.5. The van der Waals surface area contributed by atoms with Crippen molar-refractivity contribution >= 4 is 60.8 Å². The lowest BCUT2D eigenvalue weighted by molar-refractivity contribution is 0.670. The standard InChI is InChI=1S/C48H32N2O/c1-3-16-33(17-4-1)34-18-15-21-36(32-34)49(35-19-5-2-6-20-35)45-31-30-40-39-24-10-14-29-46(39)51-48(40)47(45)41-25-9-13-28-44(41)50-42-26-11-7-22-37(42)38-23-8-12-27-43(38)50/h1-32H/i1D,2D,3D,4D,5D,6D,7D,8D,9D,10D,11D,12D,13D,14D,15D,16D,17D,18D,19D,20D,21D,22D,23D,24D,25D,26D,27D,28D,29D,30D,31D,32D. The van der Waals surface area contributed by atoms with E-state index in [0.717, 1.165) is 0 Å². The van der Waals surface area contributed by atoms with Crippen LogP contribution < -0.4 is 4.90 Å². The second-order valence-corrected chi connectivity index (χ2v) is 10.5. The van der Waals surface area contributed by atoms with Crippen molar-refractivity contribution in [3.05, 3.63) is 193 Å². The minimum Gasteiger partial charge on any atom is -0.455 e. The first-order valence-electron chi connectivity index (χ1n) is 30.7. The van der Waals surface area contributed by atoms with Crippen LogP contribution in [-0.4, -0.2) is 4.57 Å². The summed E-state index contributed by atoms with van der Waals surface area (Å²) in [4.78, 5) is 0.299. The van der Waals surface area contributed by atoms with Gasteiger partial charge in [-0.25, -0.2) is 0 Å². The highest BCUT2D eigenvalue weighted by Crippen LogP contribution is 2.49. The molecule has 0 spiro atoms. The molecule has 2 aromatic heterocycles. The Labute approximate surface area is 340 Å². The fraction of sp³-hybridized carbons (Fsp3) is 0. The molecule has 0 aliphatic rings. The van der Waals surface area contributed by atoms with Gasteiger partial charge >= 0.3 is 0 Å². The van der Waals surface area contributed by atoms with Gasteiger partial charge in [-0.15, -0.1) is 0 Å². The minimum atomic E-state index is -1.34. The summed E-state index contributed by atoms with van der Waals surface area (Å²) in [6.45, 7) is 0. The van der Waals surface area contributed by atoms with Gasteiger partial charge < -0.3 is 13.9 Å². The lowest BCUT2D eigenvalue weighted by Gasteiger charge is -2.29. The molecule has 0 atom stereocenters. The van der Waals surface area contributed by atoms with Crippen LogP contribution in [0.1, 0.15) is 43.9 Å². The topological polar surface area (TPSA) is 21.3 Å². The highest BCUT2D eigenvalue weighted by atomic mass is 16.3. The van der Waals surface area contributed by atoms with Gasteiger partial charge in [-0.1, -0.05) is 133 Å². The summed E-state index contributed by atoms with van der Waals surface area (Å²) in [5.41, 5.74) is -12.4. The number of benzene rings is 8. The number of fused-ring (bicyclic) bond motifs is 6. The predicted molar refractivity (Wildman–Crippen MR) is 214 cm³/mol. The van der Waals surface area contributed by atoms with Crippen molar-refractivity contribution in [3.8, 4) is 27.9 Å². The molecule has 8 aromatic carbocycles. The Hall–Kier alpha value is -6.84. The molecule has 3 nitrogen and oxygen atoms in total. The van der Waals surface area contributed by atoms with Gasteiger partial charge in [0.15, 0.2) is 0 Å². The largest absolute Gasteiger partial charge is 0.455 e. The predicted octanol–water partition coefficient (Wildman–Crippen LogP) is 13.5. The summed E-state index contributed by atoms with van der Waals surface area (Å²) >= 11 is 0. The molecule has 0 saturated carbocycles. The molecule has 51 heavy (non-hydrogen) atoms. The van der Waals surface area contributed by atoms with Gasteiger partial charge in [0, 0.05) is 38.5 Å². The third-order valence-electron chi connectivity index (χ3n) is 7.80. The molecular formula is C48H32N2O. The maximum absolute atomic E-state index is 10.1. The minimum absolute atomic E-state index is 0.299. The van der Waals surface area contributed by atoms with Gasteiger partial charge in [0.1, 0.15) is 11.2 Å². The van der Waals surface area contributed by atoms with Gasteiger partial charge in [-0.2, -0.15) is 0 Å². The highest BCUT2D eigenvalue weighted by Gasteiger charge is 2.25. The van der Waals surface area contributed by atoms with Crippen molar-refractivity contribution in [1.29, 1.82) is 0 Å². The average Bonchev–Trinajstić information content (AvgIpc) is 2.07. The van der Waals surface area contributed by atoms with Crippen molar-refractivity contribution in [2.45, 2.75) is 0 Å². The molecule has 0 aliphatic carbocycles. The molecule has 0 N–H and O–H groups in total. The molecule has 2 heterocycles. The van der Waals surface area contributed by atoms with Gasteiger partial charge in [-0.3, -0.25) is 0 Å². The lowest BCUT2D eigenvalue weighted by Crippen LogP contribution is -2.12. The summed E-state index contributed by atoms with van der Waals surface area (Å²) in [7, 11) is 0. The first-order chi connectivity index (χ1) is 38.6. The van der Waals surface area contributed by atoms with E-state index in [1.807, 2.05) is 0 Å². The molecule has 10 aromatic rings. The van der Waals surface area contributed by atoms with Crippen molar-refractivity contribution in [3.63, 3.8) is 0 Å². The summed E-state index contributed by atoms with van der Waals surface area (Å²) in [6.07, 6.45) is 0. The van der Waals surface area contributed by atoms with Crippen molar-refractivity contribution in [2.24, 2.45) is 0 Å². The number of para-hydroxylation sites is 5. The van der Waals surface area contributed by atoms with E-state index >= 15 is 0 Å². The molecule has 0 amide bonds. The van der Waals surface area contributed by atoms with Crippen LogP contribution >= 0.6 is 0 Å². The second kappa shape index (κ2) is 11.9. The number of rotatable bonds is 6. The van der Waals surface area contributed by atoms with E-state index in [2.05, 4.69) is 0 Å². The molecule has 0 fully saturated rings. The average molecular weight is 685 g/mol. The Morgan fingerprint density at radius 3 is 1.80 bits per heavy atom. The van der Waals surface area contributed by atoms with E-state index in [0.29, 0.717) is 9.47 Å². The van der Waals surface area contributed by atoms with Crippen LogP contribution in [0.2, 0.25) is 0 Å². The Morgan fingerprint density at radius 2 is 1.04 bits per heavy atom. The number of hydrogen-bond donors (Lipinski definition) is 0. The molecule has 3 heteroatoms. The van der Waals surface area contributed by atoms with Gasteiger partial charge in [0.05, 0.1) is 71.8 Å². The Kier molecular flexibility index (Phi) is 2.66. The van der Waals surface area contributed by atoms with Crippen LogP contribution in [0.15, 0.2) is 198 Å². The molecule has 0 unspecified atom stereocenters. The first-order valence-corrected chi connectivity index (χ1v) is 14.7. The first kappa shape index (κ1) is 11.3. The molecule has 0 aliphatic heterocycles. The SMILES string of the molecule is [2H]c1c([2H])c([2H])c(-c2c([2H])c([2H])c([2H])c(N(c3c([2H])c([2H])c([2H])c([2H])c3[2H])c3c([2H])c([2H])c4c(oc5c([2H])c([2H])c([2H])c([2H])c54)c3-c3c([2H])c([2H])c([2H])c([2H])c3-n3c4c([2H])c([2H])c([2H])c([2H])c4c4c([2H])c([2H])c([2H])c([2H])c43)c2[2H])c([2H])c1[2H]. The Morgan fingerprint density at radius 1 is 0.451 bits per heavy atom. The van der Waals surface area contributed by atoms with Gasteiger partial charge in [-0.05, 0) is 71.6 Å². The number of anilines is 3. The summed E-state index contributed by atoms with van der Waals surface area (Å²) in [6, 6.07) is -35.3. The molecule has 10 rings (SSSR count). The zero-order chi connectivity index (χ0) is 61.6. The van der Waals surface area contributed by atoms with E-state index in [1.165, 1.54) is 0 Å².